The van der Waals surface area contributed by atoms with Gasteiger partial charge in [0.25, 0.3) is 0 Å². The Morgan fingerprint density at radius 3 is 2.33 bits per heavy atom. The fourth-order valence-corrected chi connectivity index (χ4v) is 2.73. The number of esters is 1. The highest BCUT2D eigenvalue weighted by atomic mass is 16.6. The third-order valence-corrected chi connectivity index (χ3v) is 4.15. The van der Waals surface area contributed by atoms with Gasteiger partial charge in [0.15, 0.2) is 0 Å². The van der Waals surface area contributed by atoms with Crippen LogP contribution in [0.1, 0.15) is 47.5 Å². The lowest BCUT2D eigenvalue weighted by atomic mass is 9.75. The Morgan fingerprint density at radius 1 is 1.20 bits per heavy atom. The van der Waals surface area contributed by atoms with Gasteiger partial charge in [-0.05, 0) is 47.5 Å². The van der Waals surface area contributed by atoms with E-state index in [0.717, 1.165) is 12.8 Å². The SMILES string of the molecule is CC1(C)OC2(C)CCC1C(=O)OC2(C)C. The summed E-state index contributed by atoms with van der Waals surface area (Å²) in [5.74, 6) is -0.224. The van der Waals surface area contributed by atoms with Crippen LogP contribution < -0.4 is 0 Å². The maximum Gasteiger partial charge on any atom is 0.312 e. The first-order valence-corrected chi connectivity index (χ1v) is 5.61. The third kappa shape index (κ3) is 1.40. The molecule has 3 heteroatoms. The van der Waals surface area contributed by atoms with Gasteiger partial charge in [0.2, 0.25) is 0 Å². The minimum absolute atomic E-state index is 0.105. The van der Waals surface area contributed by atoms with E-state index in [9.17, 15) is 4.79 Å². The highest BCUT2D eigenvalue weighted by Crippen LogP contribution is 2.49. The zero-order valence-electron chi connectivity index (χ0n) is 10.2. The van der Waals surface area contributed by atoms with Crippen molar-refractivity contribution in [3.05, 3.63) is 0 Å². The first-order valence-electron chi connectivity index (χ1n) is 5.61. The van der Waals surface area contributed by atoms with Gasteiger partial charge in [-0.1, -0.05) is 0 Å². The molecule has 0 spiro atoms. The normalized spacial score (nSPS) is 42.2. The van der Waals surface area contributed by atoms with Crippen LogP contribution in [0.2, 0.25) is 0 Å². The molecule has 3 saturated heterocycles. The van der Waals surface area contributed by atoms with Crippen molar-refractivity contribution in [2.45, 2.75) is 64.3 Å². The minimum atomic E-state index is -0.535. The lowest BCUT2D eigenvalue weighted by Crippen LogP contribution is -2.55. The standard InChI is InChI=1S/C12H20O3/c1-10(2)8-6-7-12(5,15-10)11(3,4)14-9(8)13/h8H,6-7H2,1-5H3. The van der Waals surface area contributed by atoms with E-state index in [-0.39, 0.29) is 17.5 Å². The maximum atomic E-state index is 11.9. The Labute approximate surface area is 91.1 Å². The third-order valence-electron chi connectivity index (χ3n) is 4.15. The molecule has 0 aromatic heterocycles. The van der Waals surface area contributed by atoms with Gasteiger partial charge in [0, 0.05) is 0 Å². The minimum Gasteiger partial charge on any atom is -0.456 e. The second kappa shape index (κ2) is 2.76. The van der Waals surface area contributed by atoms with Crippen LogP contribution in [-0.4, -0.2) is 22.8 Å². The van der Waals surface area contributed by atoms with Crippen LogP contribution in [0.15, 0.2) is 0 Å². The van der Waals surface area contributed by atoms with Crippen molar-refractivity contribution in [3.63, 3.8) is 0 Å². The second-order valence-electron chi connectivity index (χ2n) is 5.96. The molecule has 2 unspecified atom stereocenters. The summed E-state index contributed by atoms with van der Waals surface area (Å²) in [6, 6.07) is 0. The van der Waals surface area contributed by atoms with Crippen molar-refractivity contribution >= 4 is 5.97 Å². The summed E-state index contributed by atoms with van der Waals surface area (Å²) in [6.45, 7) is 9.89. The topological polar surface area (TPSA) is 35.5 Å². The van der Waals surface area contributed by atoms with Crippen LogP contribution in [0.4, 0.5) is 0 Å². The van der Waals surface area contributed by atoms with E-state index in [4.69, 9.17) is 9.47 Å². The molecule has 3 heterocycles. The summed E-state index contributed by atoms with van der Waals surface area (Å²) in [7, 11) is 0. The van der Waals surface area contributed by atoms with Crippen molar-refractivity contribution in [1.29, 1.82) is 0 Å². The van der Waals surface area contributed by atoms with Crippen LogP contribution in [0.3, 0.4) is 0 Å². The summed E-state index contributed by atoms with van der Waals surface area (Å²) in [5, 5.41) is 0. The molecular weight excluding hydrogens is 192 g/mol. The van der Waals surface area contributed by atoms with E-state index in [1.807, 2.05) is 34.6 Å². The van der Waals surface area contributed by atoms with E-state index in [1.54, 1.807) is 0 Å². The van der Waals surface area contributed by atoms with Gasteiger partial charge in [-0.25, -0.2) is 0 Å². The summed E-state index contributed by atoms with van der Waals surface area (Å²) in [5.41, 5.74) is -1.30. The molecule has 3 aliphatic heterocycles. The number of fused-ring (bicyclic) bond motifs is 4. The first kappa shape index (κ1) is 10.9. The van der Waals surface area contributed by atoms with E-state index in [1.165, 1.54) is 0 Å². The zero-order chi connectivity index (χ0) is 11.5. The molecule has 0 saturated carbocycles. The monoisotopic (exact) mass is 212 g/mol. The summed E-state index contributed by atoms with van der Waals surface area (Å²) in [6.07, 6.45) is 1.76. The van der Waals surface area contributed by atoms with Crippen LogP contribution in [0.25, 0.3) is 0 Å². The van der Waals surface area contributed by atoms with E-state index >= 15 is 0 Å². The molecule has 3 aliphatic rings. The fraction of sp³-hybridized carbons (Fsp3) is 0.917. The molecule has 3 nitrogen and oxygen atoms in total. The van der Waals surface area contributed by atoms with Gasteiger partial charge in [0.1, 0.15) is 11.2 Å². The molecule has 15 heavy (non-hydrogen) atoms. The highest BCUT2D eigenvalue weighted by molar-refractivity contribution is 5.75. The molecular formula is C12H20O3. The molecule has 86 valence electrons. The van der Waals surface area contributed by atoms with Crippen molar-refractivity contribution in [2.75, 3.05) is 0 Å². The molecule has 3 fully saturated rings. The number of hydrogen-bond donors (Lipinski definition) is 0. The Hall–Kier alpha value is -0.570. The second-order valence-corrected chi connectivity index (χ2v) is 5.96. The summed E-state index contributed by atoms with van der Waals surface area (Å²) < 4.78 is 11.7. The largest absolute Gasteiger partial charge is 0.456 e. The van der Waals surface area contributed by atoms with Gasteiger partial charge in [0.05, 0.1) is 11.5 Å². The number of hydrogen-bond acceptors (Lipinski definition) is 3. The number of carbonyl (C=O) groups excluding carboxylic acids is 1. The Balaban J connectivity index is 2.48. The average molecular weight is 212 g/mol. The van der Waals surface area contributed by atoms with E-state index in [0.29, 0.717) is 0 Å². The quantitative estimate of drug-likeness (QED) is 0.578. The van der Waals surface area contributed by atoms with Gasteiger partial charge in [-0.3, -0.25) is 4.79 Å². The fourth-order valence-electron chi connectivity index (χ4n) is 2.73. The molecule has 0 N–H and O–H groups in total. The van der Waals surface area contributed by atoms with Crippen molar-refractivity contribution < 1.29 is 14.3 Å². The van der Waals surface area contributed by atoms with Gasteiger partial charge >= 0.3 is 5.97 Å². The van der Waals surface area contributed by atoms with Crippen molar-refractivity contribution in [2.24, 2.45) is 5.92 Å². The Kier molecular flexibility index (Phi) is 2.01. The molecule has 3 rings (SSSR count). The number of rotatable bonds is 0. The Bertz CT molecular complexity index is 306. The predicted octanol–water partition coefficient (Wildman–Crippen LogP) is 2.29. The van der Waals surface area contributed by atoms with Gasteiger partial charge in [-0.2, -0.15) is 0 Å². The highest BCUT2D eigenvalue weighted by Gasteiger charge is 2.59. The predicted molar refractivity (Wildman–Crippen MR) is 56.5 cm³/mol. The molecule has 0 aliphatic carbocycles. The van der Waals surface area contributed by atoms with Crippen LogP contribution in [0.5, 0.6) is 0 Å². The number of ether oxygens (including phenoxy) is 2. The average Bonchev–Trinajstić information content (AvgIpc) is 2.09. The van der Waals surface area contributed by atoms with Gasteiger partial charge < -0.3 is 9.47 Å². The van der Waals surface area contributed by atoms with Crippen LogP contribution >= 0.6 is 0 Å². The molecule has 0 aromatic carbocycles. The van der Waals surface area contributed by atoms with Gasteiger partial charge in [-0.15, -0.1) is 0 Å². The molecule has 0 radical (unpaired) electrons. The molecule has 2 bridgehead atoms. The molecule has 0 amide bonds. The molecule has 2 atom stereocenters. The smallest absolute Gasteiger partial charge is 0.312 e. The zero-order valence-corrected chi connectivity index (χ0v) is 10.2. The first-order chi connectivity index (χ1) is 6.68. The molecule has 0 aromatic rings. The lowest BCUT2D eigenvalue weighted by molar-refractivity contribution is -0.221. The maximum absolute atomic E-state index is 11.9. The van der Waals surface area contributed by atoms with E-state index < -0.39 is 11.2 Å². The van der Waals surface area contributed by atoms with Crippen molar-refractivity contribution in [1.82, 2.24) is 0 Å². The van der Waals surface area contributed by atoms with Crippen molar-refractivity contribution in [3.8, 4) is 0 Å². The lowest BCUT2D eigenvalue weighted by Gasteiger charge is -2.47. The van der Waals surface area contributed by atoms with Crippen LogP contribution in [0, 0.1) is 5.92 Å². The Morgan fingerprint density at radius 2 is 1.80 bits per heavy atom. The number of carbonyl (C=O) groups is 1. The summed E-state index contributed by atoms with van der Waals surface area (Å²) >= 11 is 0. The van der Waals surface area contributed by atoms with E-state index in [2.05, 4.69) is 0 Å². The summed E-state index contributed by atoms with van der Waals surface area (Å²) in [4.78, 5) is 11.9. The van der Waals surface area contributed by atoms with Crippen LogP contribution in [-0.2, 0) is 14.3 Å².